The maximum absolute atomic E-state index is 13.1. The zero-order valence-electron chi connectivity index (χ0n) is 20.3. The van der Waals surface area contributed by atoms with Gasteiger partial charge in [-0.2, -0.15) is 0 Å². The minimum atomic E-state index is -1.61. The van der Waals surface area contributed by atoms with Crippen molar-refractivity contribution in [2.24, 2.45) is 5.41 Å². The van der Waals surface area contributed by atoms with Crippen molar-refractivity contribution in [1.29, 1.82) is 0 Å². The Morgan fingerprint density at radius 3 is 1.93 bits per heavy atom. The molecule has 0 spiro atoms. The molecule has 1 aliphatic carbocycles. The summed E-state index contributed by atoms with van der Waals surface area (Å²) in [5, 5.41) is 0.291. The average Bonchev–Trinajstić information content (AvgIpc) is 2.84. The van der Waals surface area contributed by atoms with Crippen molar-refractivity contribution in [2.75, 3.05) is 13.2 Å². The molecular weight excluding hydrogens is 362 g/mol. The van der Waals surface area contributed by atoms with Crippen LogP contribution in [0.4, 0.5) is 0 Å². The second kappa shape index (κ2) is 11.2. The highest BCUT2D eigenvalue weighted by Gasteiger charge is 2.36. The Bertz CT molecular complexity index is 454. The fraction of sp³-hybridized carbons (Fsp3) is 0.958. The number of hydrogen-bond acceptors (Lipinski definition) is 2. The van der Waals surface area contributed by atoms with Gasteiger partial charge in [-0.15, -0.1) is 0 Å². The van der Waals surface area contributed by atoms with Crippen LogP contribution in [0.2, 0.25) is 18.1 Å². The molecule has 1 aliphatic rings. The molecule has 1 fully saturated rings. The summed E-state index contributed by atoms with van der Waals surface area (Å²) >= 11 is 0. The summed E-state index contributed by atoms with van der Waals surface area (Å²) in [5.74, 6) is 0.348. The first-order valence-corrected chi connectivity index (χ1v) is 14.7. The van der Waals surface area contributed by atoms with Crippen LogP contribution in [0.3, 0.4) is 0 Å². The molecular formula is C24H49NO2Si. The van der Waals surface area contributed by atoms with Crippen LogP contribution in [0, 0.1) is 5.41 Å². The van der Waals surface area contributed by atoms with E-state index in [2.05, 4.69) is 59.5 Å². The van der Waals surface area contributed by atoms with Gasteiger partial charge in [0, 0.05) is 24.6 Å². The molecule has 0 heterocycles. The van der Waals surface area contributed by atoms with Gasteiger partial charge in [-0.1, -0.05) is 80.1 Å². The van der Waals surface area contributed by atoms with Crippen LogP contribution < -0.4 is 0 Å². The first-order chi connectivity index (χ1) is 12.9. The Labute approximate surface area is 177 Å². The maximum Gasteiger partial charge on any atom is 0.228 e. The van der Waals surface area contributed by atoms with Gasteiger partial charge in [-0.3, -0.25) is 4.79 Å². The predicted octanol–water partition coefficient (Wildman–Crippen LogP) is 7.17. The van der Waals surface area contributed by atoms with Crippen molar-refractivity contribution in [2.45, 2.75) is 130 Å². The molecule has 0 aliphatic heterocycles. The van der Waals surface area contributed by atoms with Crippen LogP contribution in [0.1, 0.15) is 106 Å². The topological polar surface area (TPSA) is 29.5 Å². The minimum Gasteiger partial charge on any atom is -0.417 e. The predicted molar refractivity (Wildman–Crippen MR) is 124 cm³/mol. The van der Waals surface area contributed by atoms with Gasteiger partial charge in [0.15, 0.2) is 8.32 Å². The fourth-order valence-electron chi connectivity index (χ4n) is 3.73. The second-order valence-corrected chi connectivity index (χ2v) is 16.2. The highest BCUT2D eigenvalue weighted by Crippen LogP contribution is 2.36. The van der Waals surface area contributed by atoms with Crippen LogP contribution in [0.25, 0.3) is 0 Å². The Kier molecular flexibility index (Phi) is 10.2. The van der Waals surface area contributed by atoms with E-state index in [1.54, 1.807) is 0 Å². The summed E-state index contributed by atoms with van der Waals surface area (Å²) in [6, 6.07) is 0.469. The summed E-state index contributed by atoms with van der Waals surface area (Å²) in [6.45, 7) is 19.6. The van der Waals surface area contributed by atoms with Crippen molar-refractivity contribution in [3.05, 3.63) is 0 Å². The number of unbranched alkanes of at least 4 members (excludes halogenated alkanes) is 3. The SMILES string of the molecule is CC(C)(C)C(=O)N(CCCCCCO[Si](C)(C)C(C)(C)C)C1CCCCCC1. The molecule has 3 nitrogen and oxygen atoms in total. The third-order valence-corrected chi connectivity index (χ3v) is 11.3. The number of carbonyl (C=O) groups excluding carboxylic acids is 1. The molecule has 166 valence electrons. The van der Waals surface area contributed by atoms with Crippen molar-refractivity contribution in [3.8, 4) is 0 Å². The summed E-state index contributed by atoms with van der Waals surface area (Å²) in [6.07, 6.45) is 12.3. The van der Waals surface area contributed by atoms with Crippen LogP contribution >= 0.6 is 0 Å². The Morgan fingerprint density at radius 1 is 0.893 bits per heavy atom. The van der Waals surface area contributed by atoms with Gasteiger partial charge in [0.25, 0.3) is 0 Å². The number of nitrogens with zero attached hydrogens (tertiary/aromatic N) is 1. The molecule has 0 aromatic carbocycles. The molecule has 0 atom stereocenters. The lowest BCUT2D eigenvalue weighted by atomic mass is 9.92. The van der Waals surface area contributed by atoms with Gasteiger partial charge in [0.2, 0.25) is 5.91 Å². The molecule has 0 aromatic rings. The minimum absolute atomic E-state index is 0.274. The van der Waals surface area contributed by atoms with Gasteiger partial charge in [-0.25, -0.2) is 0 Å². The van der Waals surface area contributed by atoms with E-state index in [1.165, 1.54) is 51.4 Å². The highest BCUT2D eigenvalue weighted by molar-refractivity contribution is 6.74. The maximum atomic E-state index is 13.1. The number of amides is 1. The Balaban J connectivity index is 2.41. The first-order valence-electron chi connectivity index (χ1n) is 11.8. The molecule has 4 heteroatoms. The van der Waals surface area contributed by atoms with Crippen molar-refractivity contribution in [3.63, 3.8) is 0 Å². The molecule has 0 N–H and O–H groups in total. The van der Waals surface area contributed by atoms with E-state index in [-0.39, 0.29) is 5.41 Å². The second-order valence-electron chi connectivity index (χ2n) is 11.4. The molecule has 0 unspecified atom stereocenters. The summed E-state index contributed by atoms with van der Waals surface area (Å²) in [4.78, 5) is 15.3. The zero-order valence-corrected chi connectivity index (χ0v) is 21.3. The molecule has 0 bridgehead atoms. The average molecular weight is 412 g/mol. The van der Waals surface area contributed by atoms with Gasteiger partial charge in [0.1, 0.15) is 0 Å². The number of carbonyl (C=O) groups is 1. The van der Waals surface area contributed by atoms with E-state index in [1.807, 2.05) is 0 Å². The molecule has 1 saturated carbocycles. The van der Waals surface area contributed by atoms with E-state index >= 15 is 0 Å². The van der Waals surface area contributed by atoms with Crippen molar-refractivity contribution in [1.82, 2.24) is 4.90 Å². The largest absolute Gasteiger partial charge is 0.417 e. The monoisotopic (exact) mass is 411 g/mol. The lowest BCUT2D eigenvalue weighted by Gasteiger charge is -2.36. The van der Waals surface area contributed by atoms with Gasteiger partial charge in [-0.05, 0) is 43.8 Å². The standard InChI is InChI=1S/C24H49NO2Si/c1-23(2,3)22(26)25(21-17-13-9-10-14-18-21)19-15-11-12-16-20-27-28(7,8)24(4,5)6/h21H,9-20H2,1-8H3. The molecule has 1 rings (SSSR count). The van der Waals surface area contributed by atoms with Crippen LogP contribution in [0.15, 0.2) is 0 Å². The van der Waals surface area contributed by atoms with Crippen molar-refractivity contribution < 1.29 is 9.22 Å². The third kappa shape index (κ3) is 8.57. The van der Waals surface area contributed by atoms with Crippen molar-refractivity contribution >= 4 is 14.2 Å². The van der Waals surface area contributed by atoms with Crippen LogP contribution in [-0.4, -0.2) is 38.3 Å². The van der Waals surface area contributed by atoms with E-state index in [0.717, 1.165) is 26.0 Å². The fourth-order valence-corrected chi connectivity index (χ4v) is 4.82. The number of hydrogen-bond donors (Lipinski definition) is 0. The summed E-state index contributed by atoms with van der Waals surface area (Å²) in [7, 11) is -1.61. The Morgan fingerprint density at radius 2 is 1.43 bits per heavy atom. The van der Waals surface area contributed by atoms with E-state index in [0.29, 0.717) is 17.0 Å². The molecule has 1 amide bonds. The highest BCUT2D eigenvalue weighted by atomic mass is 28.4. The normalized spacial score (nSPS) is 17.4. The van der Waals surface area contributed by atoms with Crippen LogP contribution in [0.5, 0.6) is 0 Å². The summed E-state index contributed by atoms with van der Waals surface area (Å²) in [5.41, 5.74) is -0.274. The summed E-state index contributed by atoms with van der Waals surface area (Å²) < 4.78 is 6.29. The van der Waals surface area contributed by atoms with Gasteiger partial charge in [0.05, 0.1) is 0 Å². The van der Waals surface area contributed by atoms with E-state index in [4.69, 9.17) is 4.43 Å². The lowest BCUT2D eigenvalue weighted by Crippen LogP contribution is -2.46. The Hall–Kier alpha value is -0.353. The zero-order chi connectivity index (χ0) is 21.4. The van der Waals surface area contributed by atoms with E-state index in [9.17, 15) is 4.79 Å². The quantitative estimate of drug-likeness (QED) is 0.229. The number of rotatable bonds is 9. The molecule has 28 heavy (non-hydrogen) atoms. The van der Waals surface area contributed by atoms with E-state index < -0.39 is 8.32 Å². The molecule has 0 radical (unpaired) electrons. The lowest BCUT2D eigenvalue weighted by molar-refractivity contribution is -0.142. The third-order valence-electron chi connectivity index (χ3n) is 6.73. The molecule has 0 saturated heterocycles. The first kappa shape index (κ1) is 25.7. The van der Waals surface area contributed by atoms with Crippen LogP contribution in [-0.2, 0) is 9.22 Å². The van der Waals surface area contributed by atoms with Gasteiger partial charge >= 0.3 is 0 Å². The molecule has 0 aromatic heterocycles. The van der Waals surface area contributed by atoms with Gasteiger partial charge < -0.3 is 9.33 Å². The smallest absolute Gasteiger partial charge is 0.228 e.